The molecule has 8 nitrogen and oxygen atoms in total. The van der Waals surface area contributed by atoms with Gasteiger partial charge in [0.05, 0.1) is 11.4 Å². The van der Waals surface area contributed by atoms with Gasteiger partial charge >= 0.3 is 78.8 Å². The molecule has 0 spiro atoms. The molecule has 1 heterocycles. The van der Waals surface area contributed by atoms with Crippen molar-refractivity contribution in [3.63, 3.8) is 0 Å². The minimum absolute atomic E-state index is 0. The van der Waals surface area contributed by atoms with Crippen molar-refractivity contribution in [2.45, 2.75) is 27.6 Å². The van der Waals surface area contributed by atoms with Gasteiger partial charge in [0.2, 0.25) is 11.8 Å². The van der Waals surface area contributed by atoms with Gasteiger partial charge in [0.1, 0.15) is 0 Å². The molecule has 3 aromatic rings. The number of anilines is 2. The summed E-state index contributed by atoms with van der Waals surface area (Å²) in [6.45, 7) is 2.29. The second-order valence-corrected chi connectivity index (χ2v) is 13.9. The molecule has 4 rings (SSSR count). The van der Waals surface area contributed by atoms with Gasteiger partial charge in [-0.1, -0.05) is 7.43 Å². The zero-order valence-corrected chi connectivity index (χ0v) is 27.1. The number of alkyl halides is 4. The van der Waals surface area contributed by atoms with E-state index in [1.165, 1.54) is 19.1 Å². The van der Waals surface area contributed by atoms with Crippen molar-refractivity contribution in [2.24, 2.45) is 0 Å². The molecule has 14 heteroatoms. The molecule has 1 aliphatic heterocycles. The summed E-state index contributed by atoms with van der Waals surface area (Å²) in [6, 6.07) is 20.5. The van der Waals surface area contributed by atoms with Gasteiger partial charge in [-0.15, -0.1) is 13.2 Å². The fourth-order valence-electron chi connectivity index (χ4n) is 2.79. The second kappa shape index (κ2) is 16.4. The molecule has 0 bridgehead atoms. The Labute approximate surface area is 264 Å². The van der Waals surface area contributed by atoms with Crippen LogP contribution in [0.25, 0.3) is 0 Å². The van der Waals surface area contributed by atoms with Crippen LogP contribution in [0.4, 0.5) is 24.5 Å². The maximum atomic E-state index is 12.0. The first kappa shape index (κ1) is 36.0. The van der Waals surface area contributed by atoms with Crippen molar-refractivity contribution in [1.29, 1.82) is 0 Å². The summed E-state index contributed by atoms with van der Waals surface area (Å²) in [6.07, 6.45) is -4.89. The van der Waals surface area contributed by atoms with Gasteiger partial charge in [0.25, 0.3) is 0 Å². The van der Waals surface area contributed by atoms with E-state index in [0.717, 1.165) is 23.2 Å². The van der Waals surface area contributed by atoms with Gasteiger partial charge in [-0.25, -0.2) is 0 Å². The zero-order chi connectivity index (χ0) is 29.3. The van der Waals surface area contributed by atoms with Crippen LogP contribution < -0.4 is 10.1 Å². The topological polar surface area (TPSA) is 96.4 Å². The molecule has 0 aromatic heterocycles. The van der Waals surface area contributed by atoms with Gasteiger partial charge in [-0.3, -0.25) is 14.8 Å². The molecule has 0 fully saturated rings. The van der Waals surface area contributed by atoms with E-state index < -0.39 is 38.4 Å². The molecule has 3 aromatic carbocycles. The van der Waals surface area contributed by atoms with Crippen LogP contribution in [0.5, 0.6) is 0 Å². The molecule has 1 N–H and O–H groups in total. The Morgan fingerprint density at radius 3 is 1.77 bits per heavy atom. The number of halogens is 6. The Morgan fingerprint density at radius 2 is 1.35 bits per heavy atom. The summed E-state index contributed by atoms with van der Waals surface area (Å²) in [5.74, 6) is -1.37. The van der Waals surface area contributed by atoms with E-state index >= 15 is 0 Å². The summed E-state index contributed by atoms with van der Waals surface area (Å²) < 4.78 is 44.3. The first-order chi connectivity index (χ1) is 18.2. The van der Waals surface area contributed by atoms with Crippen LogP contribution in [-0.4, -0.2) is 34.3 Å². The SMILES string of the molecule is C.CC(=O)N(O)c1ccc(I)cc1.CC(=O)N(OC(F)(F)F)c1ccc(I)cc1.CI1OC(=O)c2ccccc21. The van der Waals surface area contributed by atoms with Gasteiger partial charge in [-0.2, -0.15) is 15.0 Å². The fourth-order valence-corrected chi connectivity index (χ4v) is 6.52. The van der Waals surface area contributed by atoms with Crippen molar-refractivity contribution >= 4 is 94.6 Å². The van der Waals surface area contributed by atoms with Crippen LogP contribution in [0, 0.1) is 10.7 Å². The molecule has 40 heavy (non-hydrogen) atoms. The Morgan fingerprint density at radius 1 is 0.875 bits per heavy atom. The average Bonchev–Trinajstić information content (AvgIpc) is 3.17. The predicted molar refractivity (Wildman–Crippen MR) is 171 cm³/mol. The molecule has 0 aliphatic carbocycles. The number of hydroxylamine groups is 2. The zero-order valence-electron chi connectivity index (χ0n) is 20.6. The monoisotopic (exact) mass is 900 g/mol. The first-order valence-corrected chi connectivity index (χ1v) is 17.0. The average molecular weight is 900 g/mol. The van der Waals surface area contributed by atoms with E-state index in [9.17, 15) is 32.8 Å². The number of carbonyl (C=O) groups is 3. The third-order valence-corrected chi connectivity index (χ3v) is 9.55. The summed E-state index contributed by atoms with van der Waals surface area (Å²) >= 11 is 2.63. The maximum absolute atomic E-state index is 12.0. The summed E-state index contributed by atoms with van der Waals surface area (Å²) in [5, 5.41) is 10.00. The Hall–Kier alpha value is -2.03. The van der Waals surface area contributed by atoms with Crippen molar-refractivity contribution in [3.05, 3.63) is 89.1 Å². The van der Waals surface area contributed by atoms with Crippen LogP contribution in [0.3, 0.4) is 0 Å². The molecule has 0 radical (unpaired) electrons. The molecular weight excluding hydrogens is 874 g/mol. The number of nitrogens with zero attached hydrogens (tertiary/aromatic N) is 2. The van der Waals surface area contributed by atoms with Crippen LogP contribution in [0.15, 0.2) is 72.8 Å². The quantitative estimate of drug-likeness (QED) is 0.125. The molecule has 2 amide bonds. The number of hydrogen-bond acceptors (Lipinski definition) is 6. The third-order valence-electron chi connectivity index (χ3n) is 4.48. The van der Waals surface area contributed by atoms with Crippen molar-refractivity contribution in [2.75, 3.05) is 15.1 Å². The normalized spacial score (nSPS) is 12.3. The number of rotatable bonds is 3. The minimum atomic E-state index is -4.89. The van der Waals surface area contributed by atoms with Crippen LogP contribution in [0.1, 0.15) is 31.6 Å². The van der Waals surface area contributed by atoms with E-state index in [0.29, 0.717) is 10.8 Å². The number of carbonyl (C=O) groups excluding carboxylic acids is 3. The molecule has 0 atom stereocenters. The second-order valence-electron chi connectivity index (χ2n) is 7.40. The van der Waals surface area contributed by atoms with Crippen LogP contribution in [0.2, 0.25) is 0 Å². The molecule has 0 saturated carbocycles. The van der Waals surface area contributed by atoms with Crippen LogP contribution >= 0.6 is 65.4 Å². The Kier molecular flexibility index (Phi) is 14.8. The van der Waals surface area contributed by atoms with E-state index in [1.54, 1.807) is 24.3 Å². The van der Waals surface area contributed by atoms with E-state index in [2.05, 4.69) is 27.4 Å². The van der Waals surface area contributed by atoms with E-state index in [1.807, 2.05) is 63.9 Å². The van der Waals surface area contributed by atoms with E-state index in [-0.39, 0.29) is 24.1 Å². The number of benzene rings is 3. The molecule has 0 saturated heterocycles. The Balaban J connectivity index is 0.000000302. The van der Waals surface area contributed by atoms with Gasteiger partial charge in [0.15, 0.2) is 0 Å². The number of fused-ring (bicyclic) bond motifs is 1. The summed E-state index contributed by atoms with van der Waals surface area (Å²) in [4.78, 5) is 38.4. The number of hydrogen-bond donors (Lipinski definition) is 1. The van der Waals surface area contributed by atoms with Crippen molar-refractivity contribution in [1.82, 2.24) is 0 Å². The Bertz CT molecular complexity index is 1290. The molecule has 0 unspecified atom stereocenters. The first-order valence-electron chi connectivity index (χ1n) is 10.7. The van der Waals surface area contributed by atoms with Gasteiger partial charge < -0.3 is 0 Å². The van der Waals surface area contributed by atoms with Crippen LogP contribution in [-0.2, 0) is 17.5 Å². The summed E-state index contributed by atoms with van der Waals surface area (Å²) in [7, 11) is 0. The number of amides is 2. The molecular formula is C26H26F3I3N2O6. The fraction of sp³-hybridized carbons (Fsp3) is 0.192. The molecule has 218 valence electrons. The third kappa shape index (κ3) is 11.5. The van der Waals surface area contributed by atoms with Gasteiger partial charge in [-0.05, 0) is 93.7 Å². The summed E-state index contributed by atoms with van der Waals surface area (Å²) in [5.41, 5.74) is 1.30. The molecule has 1 aliphatic rings. The van der Waals surface area contributed by atoms with Crippen molar-refractivity contribution < 1.29 is 40.7 Å². The van der Waals surface area contributed by atoms with Crippen molar-refractivity contribution in [3.8, 4) is 0 Å². The van der Waals surface area contributed by atoms with E-state index in [4.69, 9.17) is 3.07 Å². The standard InChI is InChI=1S/C9H7F3INO2.C8H8INO2.C8H7IO2.CH4/c1-6(15)14(16-9(10,11)12)8-4-2-7(13)3-5-8;1-6(11)10(12)8-4-2-7(9)3-5-8;1-9-7-5-3-2-4-6(7)8(10)11-9;/h2-5H,1H3;2-5,12H,1H3;2-5H,1H3;1H4. The van der Waals surface area contributed by atoms with Gasteiger partial charge in [0, 0.05) is 21.0 Å². The predicted octanol–water partition coefficient (Wildman–Crippen LogP) is 7.84.